The fourth-order valence-electron chi connectivity index (χ4n) is 7.52. The van der Waals surface area contributed by atoms with Crippen molar-refractivity contribution in [2.24, 2.45) is 5.41 Å². The quantitative estimate of drug-likeness (QED) is 0.109. The Hall–Kier alpha value is -4.23. The number of fused-ring (bicyclic) bond motifs is 5. The number of anilines is 1. The molecule has 3 nitrogen and oxygen atoms in total. The molecule has 0 radical (unpaired) electrons. The predicted molar refractivity (Wildman–Crippen MR) is 222 cm³/mol. The molecule has 2 heterocycles. The van der Waals surface area contributed by atoms with Crippen LogP contribution < -0.4 is 14.2 Å². The van der Waals surface area contributed by atoms with Crippen LogP contribution in [0, 0.1) is 5.41 Å². The molecule has 8 rings (SSSR count). The van der Waals surface area contributed by atoms with Crippen LogP contribution in [-0.4, -0.2) is 19.4 Å². The SMILES string of the molecule is CCN1/C(=C/C2=CC(=C/C=C/c3sc4cc(SC)ccc4[n+]3CCOc3cccc4ccccc34)/CC(C)(C)C2)Sc2c1ccc1ccccc21. The van der Waals surface area contributed by atoms with Crippen LogP contribution in [0.5, 0.6) is 5.75 Å². The van der Waals surface area contributed by atoms with Gasteiger partial charge in [0.2, 0.25) is 5.52 Å². The third-order valence-corrected chi connectivity index (χ3v) is 12.8. The van der Waals surface area contributed by atoms with Gasteiger partial charge in [-0.3, -0.25) is 0 Å². The lowest BCUT2D eigenvalue weighted by Gasteiger charge is -2.31. The summed E-state index contributed by atoms with van der Waals surface area (Å²) in [4.78, 5) is 5.14. The third-order valence-electron chi connectivity index (χ3n) is 9.79. The molecule has 0 amide bonds. The van der Waals surface area contributed by atoms with Gasteiger partial charge in [-0.15, -0.1) is 11.8 Å². The normalized spacial score (nSPS) is 17.3. The molecule has 2 aliphatic rings. The highest BCUT2D eigenvalue weighted by molar-refractivity contribution is 8.04. The average molecular weight is 724 g/mol. The summed E-state index contributed by atoms with van der Waals surface area (Å²) in [5.41, 5.74) is 5.54. The second-order valence-electron chi connectivity index (χ2n) is 14.1. The first-order valence-electron chi connectivity index (χ1n) is 17.8. The minimum atomic E-state index is 0.186. The number of allylic oxidation sites excluding steroid dienone is 6. The van der Waals surface area contributed by atoms with Crippen LogP contribution in [0.25, 0.3) is 37.8 Å². The lowest BCUT2D eigenvalue weighted by atomic mass is 9.75. The molecule has 0 saturated carbocycles. The van der Waals surface area contributed by atoms with Crippen molar-refractivity contribution in [1.29, 1.82) is 0 Å². The van der Waals surface area contributed by atoms with Gasteiger partial charge in [-0.25, -0.2) is 0 Å². The fraction of sp³-hybridized carbons (Fsp3) is 0.222. The van der Waals surface area contributed by atoms with Crippen LogP contribution in [0.2, 0.25) is 0 Å². The van der Waals surface area contributed by atoms with Gasteiger partial charge in [0.25, 0.3) is 5.01 Å². The molecule has 0 saturated heterocycles. The molecule has 1 aliphatic heterocycles. The minimum Gasteiger partial charge on any atom is -0.486 e. The molecule has 6 heteroatoms. The maximum Gasteiger partial charge on any atom is 0.262 e. The molecule has 0 spiro atoms. The number of hydrogen-bond donors (Lipinski definition) is 0. The molecule has 5 aromatic carbocycles. The molecule has 51 heavy (non-hydrogen) atoms. The summed E-state index contributed by atoms with van der Waals surface area (Å²) >= 11 is 5.56. The van der Waals surface area contributed by atoms with Gasteiger partial charge in [0, 0.05) is 33.9 Å². The van der Waals surface area contributed by atoms with Crippen LogP contribution in [0.3, 0.4) is 0 Å². The van der Waals surface area contributed by atoms with Crippen molar-refractivity contribution in [2.45, 2.75) is 49.9 Å². The number of thioether (sulfide) groups is 2. The van der Waals surface area contributed by atoms with Gasteiger partial charge in [-0.1, -0.05) is 122 Å². The molecule has 1 aromatic heterocycles. The van der Waals surface area contributed by atoms with E-state index in [9.17, 15) is 0 Å². The Morgan fingerprint density at radius 3 is 2.51 bits per heavy atom. The van der Waals surface area contributed by atoms with E-state index in [-0.39, 0.29) is 5.41 Å². The fourth-order valence-corrected chi connectivity index (χ4v) is 10.5. The van der Waals surface area contributed by atoms with E-state index in [2.05, 4.69) is 164 Å². The lowest BCUT2D eigenvalue weighted by molar-refractivity contribution is -0.669. The van der Waals surface area contributed by atoms with Crippen molar-refractivity contribution in [3.8, 4) is 5.75 Å². The summed E-state index contributed by atoms with van der Waals surface area (Å²) in [5, 5.41) is 7.56. The van der Waals surface area contributed by atoms with Crippen molar-refractivity contribution in [3.63, 3.8) is 0 Å². The summed E-state index contributed by atoms with van der Waals surface area (Å²) in [6, 6.07) is 34.8. The highest BCUT2D eigenvalue weighted by Gasteiger charge is 2.29. The summed E-state index contributed by atoms with van der Waals surface area (Å²) < 4.78 is 10.1. The van der Waals surface area contributed by atoms with E-state index in [1.54, 1.807) is 11.8 Å². The summed E-state index contributed by atoms with van der Waals surface area (Å²) in [7, 11) is 0. The predicted octanol–water partition coefficient (Wildman–Crippen LogP) is 12.5. The molecule has 1 aliphatic carbocycles. The van der Waals surface area contributed by atoms with Crippen molar-refractivity contribution in [3.05, 3.63) is 143 Å². The highest BCUT2D eigenvalue weighted by atomic mass is 32.2. The molecule has 0 bridgehead atoms. The molecular formula is C45H43N2OS3+. The Bertz CT molecular complexity index is 2390. The van der Waals surface area contributed by atoms with Gasteiger partial charge in [0.15, 0.2) is 6.54 Å². The van der Waals surface area contributed by atoms with Gasteiger partial charge in [-0.2, -0.15) is 4.57 Å². The Labute approximate surface area is 314 Å². The van der Waals surface area contributed by atoms with E-state index >= 15 is 0 Å². The Morgan fingerprint density at radius 1 is 0.902 bits per heavy atom. The zero-order valence-electron chi connectivity index (χ0n) is 29.7. The van der Waals surface area contributed by atoms with Crippen LogP contribution in [0.1, 0.15) is 38.6 Å². The second-order valence-corrected chi connectivity index (χ2v) is 17.0. The first-order chi connectivity index (χ1) is 24.9. The Morgan fingerprint density at radius 2 is 1.69 bits per heavy atom. The topological polar surface area (TPSA) is 16.4 Å². The number of nitrogens with zero attached hydrogens (tertiary/aromatic N) is 2. The smallest absolute Gasteiger partial charge is 0.262 e. The zero-order chi connectivity index (χ0) is 35.0. The third kappa shape index (κ3) is 7.02. The standard InChI is InChI=1S/C45H43N2OS3/c1-5-46-39-22-20-34-14-7-9-17-37(34)44(39)51-43(46)27-32-26-31(29-45(2,3)30-32)12-10-19-42-47(38-23-21-35(49-4)28-41(38)50-42)24-25-48-40-18-11-15-33-13-6-8-16-36(33)40/h6-23,26-28H,5,24-25,29-30H2,1-4H3/q+1. The summed E-state index contributed by atoms with van der Waals surface area (Å²) in [5.74, 6) is 0.937. The van der Waals surface area contributed by atoms with Crippen LogP contribution in [0.4, 0.5) is 5.69 Å². The Kier molecular flexibility index (Phi) is 9.58. The van der Waals surface area contributed by atoms with E-state index in [0.717, 1.165) is 37.1 Å². The number of thiazole rings is 1. The molecular weight excluding hydrogens is 681 g/mol. The molecule has 6 aromatic rings. The number of hydrogen-bond acceptors (Lipinski definition) is 5. The van der Waals surface area contributed by atoms with E-state index in [4.69, 9.17) is 4.74 Å². The van der Waals surface area contributed by atoms with Crippen LogP contribution >= 0.6 is 34.9 Å². The van der Waals surface area contributed by atoms with E-state index < -0.39 is 0 Å². The Balaban J connectivity index is 1.07. The molecule has 0 N–H and O–H groups in total. The lowest BCUT2D eigenvalue weighted by Crippen LogP contribution is -2.38. The monoisotopic (exact) mass is 723 g/mol. The van der Waals surface area contributed by atoms with Gasteiger partial charge in [0.05, 0.1) is 10.7 Å². The number of ether oxygens (including phenoxy) is 1. The number of benzene rings is 5. The first kappa shape index (κ1) is 33.9. The molecule has 0 fully saturated rings. The van der Waals surface area contributed by atoms with Crippen molar-refractivity contribution >= 4 is 78.4 Å². The largest absolute Gasteiger partial charge is 0.486 e. The van der Waals surface area contributed by atoms with Gasteiger partial charge >= 0.3 is 0 Å². The second kappa shape index (κ2) is 14.4. The zero-order valence-corrected chi connectivity index (χ0v) is 32.1. The first-order valence-corrected chi connectivity index (χ1v) is 20.6. The van der Waals surface area contributed by atoms with Gasteiger partial charge < -0.3 is 9.64 Å². The number of aromatic nitrogens is 1. The van der Waals surface area contributed by atoms with Crippen molar-refractivity contribution in [1.82, 2.24) is 0 Å². The molecule has 0 atom stereocenters. The minimum absolute atomic E-state index is 0.186. The van der Waals surface area contributed by atoms with Crippen molar-refractivity contribution in [2.75, 3.05) is 24.3 Å². The van der Waals surface area contributed by atoms with E-state index in [1.165, 1.54) is 63.0 Å². The van der Waals surface area contributed by atoms with E-state index in [0.29, 0.717) is 6.61 Å². The maximum atomic E-state index is 6.41. The summed E-state index contributed by atoms with van der Waals surface area (Å²) in [6.07, 6.45) is 16.0. The highest BCUT2D eigenvalue weighted by Crippen LogP contribution is 2.50. The van der Waals surface area contributed by atoms with Gasteiger partial charge in [-0.05, 0) is 89.1 Å². The number of rotatable bonds is 9. The summed E-state index contributed by atoms with van der Waals surface area (Å²) in [6.45, 7) is 9.37. The van der Waals surface area contributed by atoms with Crippen LogP contribution in [-0.2, 0) is 6.54 Å². The van der Waals surface area contributed by atoms with Gasteiger partial charge in [0.1, 0.15) is 17.1 Å². The van der Waals surface area contributed by atoms with Crippen LogP contribution in [0.15, 0.2) is 147 Å². The average Bonchev–Trinajstić information content (AvgIpc) is 3.67. The van der Waals surface area contributed by atoms with E-state index in [1.807, 2.05) is 23.1 Å². The molecule has 0 unspecified atom stereocenters. The maximum absolute atomic E-state index is 6.41. The molecule has 256 valence electrons. The van der Waals surface area contributed by atoms with Crippen molar-refractivity contribution < 1.29 is 9.30 Å².